The smallest absolute Gasteiger partial charge is 0.236 e. The second-order valence-electron chi connectivity index (χ2n) is 5.09. The first kappa shape index (κ1) is 10.9. The Bertz CT molecular complexity index is 442. The van der Waals surface area contributed by atoms with E-state index in [4.69, 9.17) is 0 Å². The number of hydrogen-bond acceptors (Lipinski definition) is 3. The number of hydrogen-bond donors (Lipinski definition) is 1. The number of carbonyl (C=O) groups excluding carboxylic acids is 2. The fourth-order valence-corrected chi connectivity index (χ4v) is 1.63. The van der Waals surface area contributed by atoms with Crippen molar-refractivity contribution in [3.05, 3.63) is 11.8 Å². The van der Waals surface area contributed by atoms with Crippen LogP contribution in [0.2, 0.25) is 0 Å². The number of Topliss-reactive ketones (excluding diaryl/α,β-unsaturated/α-hetero) is 1. The summed E-state index contributed by atoms with van der Waals surface area (Å²) in [7, 11) is 0. The van der Waals surface area contributed by atoms with Crippen LogP contribution in [0.4, 0.5) is 5.82 Å². The summed E-state index contributed by atoms with van der Waals surface area (Å²) in [4.78, 5) is 24.1. The van der Waals surface area contributed by atoms with Crippen LogP contribution in [0, 0.1) is 0 Å². The molecule has 0 spiro atoms. The van der Waals surface area contributed by atoms with Crippen molar-refractivity contribution in [3.63, 3.8) is 0 Å². The zero-order chi connectivity index (χ0) is 11.9. The van der Waals surface area contributed by atoms with Gasteiger partial charge in [-0.2, -0.15) is 5.10 Å². The van der Waals surface area contributed by atoms with Crippen LogP contribution in [0.15, 0.2) is 6.07 Å². The molecular weight excluding hydrogens is 206 g/mol. The Hall–Kier alpha value is -1.65. The molecule has 1 aromatic heterocycles. The summed E-state index contributed by atoms with van der Waals surface area (Å²) in [6.07, 6.45) is -0.00227. The van der Waals surface area contributed by atoms with E-state index in [9.17, 15) is 9.59 Å². The number of nitrogens with zero attached hydrogens (tertiary/aromatic N) is 2. The molecule has 1 saturated heterocycles. The minimum absolute atomic E-state index is 0.00227. The molecular formula is C11H15N3O2. The highest BCUT2D eigenvalue weighted by Gasteiger charge is 2.30. The van der Waals surface area contributed by atoms with Crippen LogP contribution in [-0.4, -0.2) is 28.4 Å². The summed E-state index contributed by atoms with van der Waals surface area (Å²) in [5.74, 6) is 0.322. The minimum Gasteiger partial charge on any atom is -0.297 e. The maximum Gasteiger partial charge on any atom is 0.236 e. The van der Waals surface area contributed by atoms with Gasteiger partial charge in [-0.15, -0.1) is 0 Å². The third kappa shape index (κ3) is 1.85. The largest absolute Gasteiger partial charge is 0.297 e. The molecule has 0 aliphatic carbocycles. The summed E-state index contributed by atoms with van der Waals surface area (Å²) >= 11 is 0. The number of anilines is 1. The molecule has 5 heteroatoms. The van der Waals surface area contributed by atoms with Crippen LogP contribution in [-0.2, 0) is 15.0 Å². The van der Waals surface area contributed by atoms with E-state index in [2.05, 4.69) is 31.0 Å². The Kier molecular flexibility index (Phi) is 2.33. The molecule has 0 saturated carbocycles. The predicted molar refractivity (Wildman–Crippen MR) is 59.3 cm³/mol. The van der Waals surface area contributed by atoms with Gasteiger partial charge >= 0.3 is 0 Å². The molecule has 1 amide bonds. The van der Waals surface area contributed by atoms with Crippen molar-refractivity contribution in [1.29, 1.82) is 0 Å². The molecule has 1 aliphatic heterocycles. The molecule has 0 bridgehead atoms. The lowest BCUT2D eigenvalue weighted by Crippen LogP contribution is -2.24. The van der Waals surface area contributed by atoms with Crippen LogP contribution in [0.5, 0.6) is 0 Å². The van der Waals surface area contributed by atoms with Gasteiger partial charge in [-0.05, 0) is 0 Å². The van der Waals surface area contributed by atoms with Gasteiger partial charge in [-0.1, -0.05) is 20.8 Å². The van der Waals surface area contributed by atoms with Crippen molar-refractivity contribution in [2.75, 3.05) is 11.4 Å². The van der Waals surface area contributed by atoms with Gasteiger partial charge in [0.15, 0.2) is 11.6 Å². The number of aromatic amines is 1. The van der Waals surface area contributed by atoms with Crippen LogP contribution in [0.25, 0.3) is 0 Å². The van der Waals surface area contributed by atoms with Crippen molar-refractivity contribution in [3.8, 4) is 0 Å². The SMILES string of the molecule is CC(C)(C)c1cc(N2CC(=O)CC2=O)n[nH]1. The summed E-state index contributed by atoms with van der Waals surface area (Å²) in [6.45, 7) is 6.32. The predicted octanol–water partition coefficient (Wildman–Crippen LogP) is 1.01. The van der Waals surface area contributed by atoms with Gasteiger partial charge in [0.1, 0.15) is 0 Å². The van der Waals surface area contributed by atoms with E-state index in [1.54, 1.807) is 0 Å². The maximum absolute atomic E-state index is 11.5. The van der Waals surface area contributed by atoms with Gasteiger partial charge in [0, 0.05) is 17.2 Å². The average molecular weight is 221 g/mol. The van der Waals surface area contributed by atoms with E-state index in [0.29, 0.717) is 5.82 Å². The molecule has 5 nitrogen and oxygen atoms in total. The standard InChI is InChI=1S/C11H15N3O2/c1-11(2,3)8-5-9(13-12-8)14-6-7(15)4-10(14)16/h5H,4,6H2,1-3H3,(H,12,13). The van der Waals surface area contributed by atoms with E-state index in [1.165, 1.54) is 4.90 Å². The van der Waals surface area contributed by atoms with Gasteiger partial charge in [-0.3, -0.25) is 19.6 Å². The van der Waals surface area contributed by atoms with Crippen molar-refractivity contribution in [1.82, 2.24) is 10.2 Å². The highest BCUT2D eigenvalue weighted by Crippen LogP contribution is 2.25. The molecule has 1 aromatic rings. The Labute approximate surface area is 93.8 Å². The average Bonchev–Trinajstić information content (AvgIpc) is 2.70. The van der Waals surface area contributed by atoms with Crippen molar-refractivity contribution < 1.29 is 9.59 Å². The first-order valence-corrected chi connectivity index (χ1v) is 5.26. The molecule has 86 valence electrons. The van der Waals surface area contributed by atoms with Gasteiger partial charge in [-0.25, -0.2) is 0 Å². The van der Waals surface area contributed by atoms with Crippen molar-refractivity contribution in [2.45, 2.75) is 32.6 Å². The molecule has 16 heavy (non-hydrogen) atoms. The van der Waals surface area contributed by atoms with E-state index in [0.717, 1.165) is 5.69 Å². The molecule has 0 aromatic carbocycles. The lowest BCUT2D eigenvalue weighted by molar-refractivity contribution is -0.121. The number of amides is 1. The number of rotatable bonds is 1. The Morgan fingerprint density at radius 1 is 1.38 bits per heavy atom. The fourth-order valence-electron chi connectivity index (χ4n) is 1.63. The molecule has 2 rings (SSSR count). The molecule has 1 aliphatic rings. The highest BCUT2D eigenvalue weighted by atomic mass is 16.2. The molecule has 1 fully saturated rings. The number of ketones is 1. The van der Waals surface area contributed by atoms with E-state index >= 15 is 0 Å². The molecule has 0 unspecified atom stereocenters. The quantitative estimate of drug-likeness (QED) is 0.720. The Morgan fingerprint density at radius 3 is 2.50 bits per heavy atom. The summed E-state index contributed by atoms with van der Waals surface area (Å²) < 4.78 is 0. The van der Waals surface area contributed by atoms with Crippen LogP contribution in [0.1, 0.15) is 32.9 Å². The van der Waals surface area contributed by atoms with E-state index in [-0.39, 0.29) is 30.1 Å². The fraction of sp³-hybridized carbons (Fsp3) is 0.545. The van der Waals surface area contributed by atoms with Crippen LogP contribution in [0.3, 0.4) is 0 Å². The first-order valence-electron chi connectivity index (χ1n) is 5.26. The third-order valence-corrected chi connectivity index (χ3v) is 2.63. The second kappa shape index (κ2) is 3.43. The van der Waals surface area contributed by atoms with Gasteiger partial charge in [0.05, 0.1) is 13.0 Å². The third-order valence-electron chi connectivity index (χ3n) is 2.63. The monoisotopic (exact) mass is 221 g/mol. The number of nitrogens with one attached hydrogen (secondary N) is 1. The van der Waals surface area contributed by atoms with Crippen molar-refractivity contribution >= 4 is 17.5 Å². The zero-order valence-electron chi connectivity index (χ0n) is 9.70. The normalized spacial score (nSPS) is 17.3. The molecule has 2 heterocycles. The Morgan fingerprint density at radius 2 is 2.06 bits per heavy atom. The van der Waals surface area contributed by atoms with Crippen LogP contribution < -0.4 is 4.90 Å². The number of carbonyl (C=O) groups is 2. The van der Waals surface area contributed by atoms with Gasteiger partial charge < -0.3 is 0 Å². The maximum atomic E-state index is 11.5. The number of aromatic nitrogens is 2. The van der Waals surface area contributed by atoms with E-state index in [1.807, 2.05) is 6.07 Å². The van der Waals surface area contributed by atoms with Gasteiger partial charge in [0.2, 0.25) is 5.91 Å². The summed E-state index contributed by atoms with van der Waals surface area (Å²) in [5, 5.41) is 6.98. The lowest BCUT2D eigenvalue weighted by Gasteiger charge is -2.15. The Balaban J connectivity index is 2.26. The van der Waals surface area contributed by atoms with Gasteiger partial charge in [0.25, 0.3) is 0 Å². The molecule has 1 N–H and O–H groups in total. The minimum atomic E-state index is -0.169. The molecule has 0 atom stereocenters. The lowest BCUT2D eigenvalue weighted by atomic mass is 9.92. The van der Waals surface area contributed by atoms with Crippen LogP contribution >= 0.6 is 0 Å². The first-order chi connectivity index (χ1) is 7.38. The topological polar surface area (TPSA) is 66.1 Å². The summed E-state index contributed by atoms with van der Waals surface area (Å²) in [5.41, 5.74) is 0.910. The number of H-pyrrole nitrogens is 1. The zero-order valence-corrected chi connectivity index (χ0v) is 9.70. The highest BCUT2D eigenvalue weighted by molar-refractivity contribution is 6.14. The van der Waals surface area contributed by atoms with Crippen molar-refractivity contribution in [2.24, 2.45) is 0 Å². The summed E-state index contributed by atoms with van der Waals surface area (Å²) in [6, 6.07) is 1.83. The van der Waals surface area contributed by atoms with E-state index < -0.39 is 0 Å². The second-order valence-corrected chi connectivity index (χ2v) is 5.09. The molecule has 0 radical (unpaired) electrons.